The van der Waals surface area contributed by atoms with Crippen molar-refractivity contribution in [3.63, 3.8) is 0 Å². The summed E-state index contributed by atoms with van der Waals surface area (Å²) in [5.74, 6) is 0.954. The zero-order valence-electron chi connectivity index (χ0n) is 10.1. The number of imidazole rings is 1. The van der Waals surface area contributed by atoms with Crippen molar-refractivity contribution in [3.8, 4) is 5.69 Å². The van der Waals surface area contributed by atoms with Gasteiger partial charge in [-0.25, -0.2) is 9.97 Å². The largest absolute Gasteiger partial charge is 0.360 e. The van der Waals surface area contributed by atoms with E-state index in [0.29, 0.717) is 6.04 Å². The summed E-state index contributed by atoms with van der Waals surface area (Å²) < 4.78 is 2.16. The predicted octanol–water partition coefficient (Wildman–Crippen LogP) is 2.84. The van der Waals surface area contributed by atoms with E-state index in [9.17, 15) is 0 Å². The highest BCUT2D eigenvalue weighted by atomic mass is 15.2. The molecule has 1 atom stereocenters. The van der Waals surface area contributed by atoms with Gasteiger partial charge in [-0.2, -0.15) is 0 Å². The summed E-state index contributed by atoms with van der Waals surface area (Å²) in [6.45, 7) is 4.27. The first-order valence-electron chi connectivity index (χ1n) is 6.07. The van der Waals surface area contributed by atoms with Crippen LogP contribution in [-0.2, 0) is 0 Å². The van der Waals surface area contributed by atoms with Crippen LogP contribution in [0.4, 0.5) is 5.82 Å². The van der Waals surface area contributed by atoms with E-state index in [1.54, 1.807) is 0 Å². The number of hydrogen-bond acceptors (Lipinski definition) is 3. The maximum Gasteiger partial charge on any atom is 0.150 e. The molecule has 3 rings (SSSR count). The van der Waals surface area contributed by atoms with Gasteiger partial charge in [0.25, 0.3) is 0 Å². The van der Waals surface area contributed by atoms with Gasteiger partial charge in [-0.1, -0.05) is 13.3 Å². The number of rotatable bonds is 2. The van der Waals surface area contributed by atoms with Crippen molar-refractivity contribution in [2.24, 2.45) is 0 Å². The van der Waals surface area contributed by atoms with Crippen LogP contribution in [0.5, 0.6) is 0 Å². The Morgan fingerprint density at radius 3 is 3.12 bits per heavy atom. The fourth-order valence-electron chi connectivity index (χ4n) is 2.49. The van der Waals surface area contributed by atoms with E-state index in [4.69, 9.17) is 0 Å². The summed E-state index contributed by atoms with van der Waals surface area (Å²) in [5, 5.41) is 3.51. The molecule has 0 aliphatic carbocycles. The van der Waals surface area contributed by atoms with Gasteiger partial charge in [-0.05, 0) is 25.5 Å². The molecule has 0 spiro atoms. The minimum Gasteiger partial charge on any atom is -0.360 e. The molecule has 1 aliphatic rings. The van der Waals surface area contributed by atoms with Gasteiger partial charge in [0.1, 0.15) is 0 Å². The van der Waals surface area contributed by atoms with Gasteiger partial charge in [0.15, 0.2) is 5.82 Å². The third-order valence-electron chi connectivity index (χ3n) is 3.26. The average molecular weight is 228 g/mol. The molecule has 0 aromatic carbocycles. The topological polar surface area (TPSA) is 42.7 Å². The van der Waals surface area contributed by atoms with Crippen LogP contribution in [-0.4, -0.2) is 14.5 Å². The van der Waals surface area contributed by atoms with Crippen molar-refractivity contribution in [3.05, 3.63) is 36.0 Å². The monoisotopic (exact) mass is 228 g/mol. The average Bonchev–Trinajstić information content (AvgIpc) is 2.73. The molecule has 0 saturated heterocycles. The third kappa shape index (κ3) is 1.52. The van der Waals surface area contributed by atoms with E-state index >= 15 is 0 Å². The fraction of sp³-hybridized carbons (Fsp3) is 0.385. The van der Waals surface area contributed by atoms with E-state index in [1.807, 2.05) is 18.6 Å². The summed E-state index contributed by atoms with van der Waals surface area (Å²) in [5.41, 5.74) is 3.47. The van der Waals surface area contributed by atoms with Crippen molar-refractivity contribution in [1.82, 2.24) is 14.5 Å². The van der Waals surface area contributed by atoms with E-state index in [0.717, 1.165) is 30.0 Å². The summed E-state index contributed by atoms with van der Waals surface area (Å²) in [6.07, 6.45) is 5.96. The van der Waals surface area contributed by atoms with Crippen LogP contribution in [0.15, 0.2) is 24.7 Å². The lowest BCUT2D eigenvalue weighted by molar-refractivity contribution is 0.627. The molecule has 88 valence electrons. The Bertz CT molecular complexity index is 544. The zero-order valence-corrected chi connectivity index (χ0v) is 10.1. The lowest BCUT2D eigenvalue weighted by Gasteiger charge is -2.28. The number of nitrogens with one attached hydrogen (secondary N) is 1. The molecule has 4 heteroatoms. The zero-order chi connectivity index (χ0) is 11.8. The SMILES string of the molecule is CCCC1Nc2ncccc2-n2cnc(C)c21. The van der Waals surface area contributed by atoms with E-state index in [2.05, 4.69) is 39.8 Å². The number of aromatic nitrogens is 3. The Balaban J connectivity index is 2.17. The van der Waals surface area contributed by atoms with Gasteiger partial charge in [-0.3, -0.25) is 4.57 Å². The Hall–Kier alpha value is -1.84. The second-order valence-electron chi connectivity index (χ2n) is 4.44. The number of anilines is 1. The molecule has 17 heavy (non-hydrogen) atoms. The molecule has 0 bridgehead atoms. The third-order valence-corrected chi connectivity index (χ3v) is 3.26. The second kappa shape index (κ2) is 3.87. The van der Waals surface area contributed by atoms with Crippen LogP contribution in [0.1, 0.15) is 37.2 Å². The number of hydrogen-bond donors (Lipinski definition) is 1. The quantitative estimate of drug-likeness (QED) is 0.859. The highest BCUT2D eigenvalue weighted by Crippen LogP contribution is 2.34. The van der Waals surface area contributed by atoms with Gasteiger partial charge in [0, 0.05) is 6.20 Å². The minimum absolute atomic E-state index is 0.324. The Morgan fingerprint density at radius 1 is 1.41 bits per heavy atom. The van der Waals surface area contributed by atoms with Crippen LogP contribution in [0.2, 0.25) is 0 Å². The predicted molar refractivity (Wildman–Crippen MR) is 67.4 cm³/mol. The summed E-state index contributed by atoms with van der Waals surface area (Å²) in [4.78, 5) is 8.82. The van der Waals surface area contributed by atoms with Gasteiger partial charge >= 0.3 is 0 Å². The van der Waals surface area contributed by atoms with Crippen LogP contribution in [0.3, 0.4) is 0 Å². The van der Waals surface area contributed by atoms with Gasteiger partial charge in [-0.15, -0.1) is 0 Å². The fourth-order valence-corrected chi connectivity index (χ4v) is 2.49. The van der Waals surface area contributed by atoms with Crippen molar-refractivity contribution >= 4 is 5.82 Å². The van der Waals surface area contributed by atoms with Crippen molar-refractivity contribution in [1.29, 1.82) is 0 Å². The first kappa shape index (κ1) is 10.3. The Kier molecular flexibility index (Phi) is 2.35. The van der Waals surface area contributed by atoms with E-state index in [1.165, 1.54) is 5.69 Å². The normalized spacial score (nSPS) is 17.2. The maximum absolute atomic E-state index is 4.42. The van der Waals surface area contributed by atoms with Crippen LogP contribution in [0, 0.1) is 6.92 Å². The number of fused-ring (bicyclic) bond motifs is 3. The summed E-state index contributed by atoms with van der Waals surface area (Å²) in [7, 11) is 0. The van der Waals surface area contributed by atoms with E-state index < -0.39 is 0 Å². The second-order valence-corrected chi connectivity index (χ2v) is 4.44. The molecular formula is C13H16N4. The Morgan fingerprint density at radius 2 is 2.29 bits per heavy atom. The number of pyridine rings is 1. The molecule has 2 aromatic rings. The molecule has 1 N–H and O–H groups in total. The molecule has 0 saturated carbocycles. The van der Waals surface area contributed by atoms with Gasteiger partial charge in [0.2, 0.25) is 0 Å². The summed E-state index contributed by atoms with van der Waals surface area (Å²) >= 11 is 0. The standard InChI is InChI=1S/C13H16N4/c1-3-5-10-12-9(2)15-8-17(12)11-6-4-7-14-13(11)16-10/h4,6-8,10H,3,5H2,1-2H3,(H,14,16). The van der Waals surface area contributed by atoms with E-state index in [-0.39, 0.29) is 0 Å². The van der Waals surface area contributed by atoms with Gasteiger partial charge < -0.3 is 5.32 Å². The Labute approximate surface area is 101 Å². The highest BCUT2D eigenvalue weighted by Gasteiger charge is 2.26. The first-order chi connectivity index (χ1) is 8.31. The van der Waals surface area contributed by atoms with Crippen LogP contribution in [0.25, 0.3) is 5.69 Å². The van der Waals surface area contributed by atoms with Crippen LogP contribution >= 0.6 is 0 Å². The van der Waals surface area contributed by atoms with Crippen molar-refractivity contribution < 1.29 is 0 Å². The van der Waals surface area contributed by atoms with Crippen LogP contribution < -0.4 is 5.32 Å². The first-order valence-corrected chi connectivity index (χ1v) is 6.07. The highest BCUT2D eigenvalue weighted by molar-refractivity contribution is 5.60. The molecule has 1 aliphatic heterocycles. The lowest BCUT2D eigenvalue weighted by atomic mass is 10.0. The number of aryl methyl sites for hydroxylation is 1. The van der Waals surface area contributed by atoms with Gasteiger partial charge in [0.05, 0.1) is 29.4 Å². The summed E-state index contributed by atoms with van der Waals surface area (Å²) in [6, 6.07) is 4.35. The molecule has 2 aromatic heterocycles. The maximum atomic E-state index is 4.42. The molecule has 0 amide bonds. The molecule has 1 unspecified atom stereocenters. The molecule has 0 fully saturated rings. The molecule has 3 heterocycles. The molecular weight excluding hydrogens is 212 g/mol. The minimum atomic E-state index is 0.324. The van der Waals surface area contributed by atoms with Crippen molar-refractivity contribution in [2.45, 2.75) is 32.7 Å². The lowest BCUT2D eigenvalue weighted by Crippen LogP contribution is -2.22. The van der Waals surface area contributed by atoms with Crippen molar-refractivity contribution in [2.75, 3.05) is 5.32 Å². The molecule has 4 nitrogen and oxygen atoms in total. The molecule has 0 radical (unpaired) electrons. The number of nitrogens with zero attached hydrogens (tertiary/aromatic N) is 3. The smallest absolute Gasteiger partial charge is 0.150 e.